The maximum Gasteiger partial charge on any atom is 0.257 e. The minimum atomic E-state index is -0.729. The van der Waals surface area contributed by atoms with E-state index >= 15 is 0 Å². The Balaban J connectivity index is 1.44. The fraction of sp³-hybridized carbons (Fsp3) is 0.440. The molecule has 4 rings (SSSR count). The molecule has 8 nitrogen and oxygen atoms in total. The van der Waals surface area contributed by atoms with E-state index in [1.807, 2.05) is 4.90 Å². The van der Waals surface area contributed by atoms with E-state index < -0.39 is 18.0 Å². The highest BCUT2D eigenvalue weighted by atomic mass is 19.1. The molecule has 2 heterocycles. The molecular weight excluding hydrogens is 439 g/mol. The molecule has 1 aliphatic carbocycles. The number of anilines is 1. The fourth-order valence-electron chi connectivity index (χ4n) is 4.85. The topological polar surface area (TPSA) is 94.1 Å². The van der Waals surface area contributed by atoms with Crippen molar-refractivity contribution in [3.8, 4) is 0 Å². The number of carbonyl (C=O) groups is 3. The summed E-state index contributed by atoms with van der Waals surface area (Å²) in [6.45, 7) is 1.84. The van der Waals surface area contributed by atoms with Crippen molar-refractivity contribution in [3.05, 3.63) is 59.2 Å². The molecule has 1 aromatic carbocycles. The van der Waals surface area contributed by atoms with Crippen molar-refractivity contribution >= 4 is 24.3 Å². The predicted octanol–water partition coefficient (Wildman–Crippen LogP) is 2.46. The third kappa shape index (κ3) is 5.15. The van der Waals surface area contributed by atoms with Gasteiger partial charge in [0.05, 0.1) is 29.7 Å². The highest BCUT2D eigenvalue weighted by Gasteiger charge is 2.32. The van der Waals surface area contributed by atoms with Crippen LogP contribution in [-0.2, 0) is 11.3 Å². The van der Waals surface area contributed by atoms with Gasteiger partial charge in [-0.3, -0.25) is 24.3 Å². The number of aldehydes is 1. The monoisotopic (exact) mass is 468 g/mol. The zero-order valence-electron chi connectivity index (χ0n) is 19.0. The summed E-state index contributed by atoms with van der Waals surface area (Å²) in [7, 11) is 0. The van der Waals surface area contributed by atoms with E-state index in [1.54, 1.807) is 29.2 Å². The summed E-state index contributed by atoms with van der Waals surface area (Å²) in [5.41, 5.74) is 0.964. The third-order valence-corrected chi connectivity index (χ3v) is 6.77. The second kappa shape index (κ2) is 10.8. The fourth-order valence-corrected chi connectivity index (χ4v) is 4.85. The molecule has 180 valence electrons. The van der Waals surface area contributed by atoms with Gasteiger partial charge >= 0.3 is 0 Å². The van der Waals surface area contributed by atoms with Crippen LogP contribution in [0.25, 0.3) is 0 Å². The second-order valence-electron chi connectivity index (χ2n) is 8.85. The molecule has 2 aliphatic rings. The van der Waals surface area contributed by atoms with Crippen molar-refractivity contribution in [1.29, 1.82) is 0 Å². The Morgan fingerprint density at radius 1 is 1.18 bits per heavy atom. The van der Waals surface area contributed by atoms with E-state index in [1.165, 1.54) is 11.0 Å². The van der Waals surface area contributed by atoms with E-state index in [2.05, 4.69) is 4.98 Å². The molecule has 1 aromatic heterocycles. The van der Waals surface area contributed by atoms with Gasteiger partial charge in [0.1, 0.15) is 6.23 Å². The summed E-state index contributed by atoms with van der Waals surface area (Å²) in [5, 5.41) is 10.6. The van der Waals surface area contributed by atoms with Crippen molar-refractivity contribution in [3.63, 3.8) is 0 Å². The molecule has 0 radical (unpaired) electrons. The zero-order valence-corrected chi connectivity index (χ0v) is 19.0. The van der Waals surface area contributed by atoms with Crippen molar-refractivity contribution in [2.45, 2.75) is 38.5 Å². The van der Waals surface area contributed by atoms with Gasteiger partial charge in [0, 0.05) is 31.7 Å². The Bertz CT molecular complexity index is 1040. The van der Waals surface area contributed by atoms with Crippen LogP contribution in [-0.4, -0.2) is 70.9 Å². The van der Waals surface area contributed by atoms with Crippen LogP contribution in [0.1, 0.15) is 52.1 Å². The van der Waals surface area contributed by atoms with Crippen LogP contribution in [0.5, 0.6) is 0 Å². The quantitative estimate of drug-likeness (QED) is 0.599. The Kier molecular flexibility index (Phi) is 7.64. The summed E-state index contributed by atoms with van der Waals surface area (Å²) < 4.78 is 14.6. The lowest BCUT2D eigenvalue weighted by Gasteiger charge is -2.39. The van der Waals surface area contributed by atoms with Gasteiger partial charge in [0.15, 0.2) is 12.1 Å². The highest BCUT2D eigenvalue weighted by Crippen LogP contribution is 2.29. The number of pyridine rings is 1. The number of para-hydroxylation sites is 1. The smallest absolute Gasteiger partial charge is 0.257 e. The van der Waals surface area contributed by atoms with Gasteiger partial charge in [0.25, 0.3) is 5.91 Å². The van der Waals surface area contributed by atoms with Crippen LogP contribution in [0, 0.1) is 11.7 Å². The van der Waals surface area contributed by atoms with Crippen LogP contribution in [0.4, 0.5) is 10.1 Å². The van der Waals surface area contributed by atoms with Gasteiger partial charge in [-0.05, 0) is 37.0 Å². The van der Waals surface area contributed by atoms with Gasteiger partial charge in [-0.15, -0.1) is 0 Å². The van der Waals surface area contributed by atoms with Gasteiger partial charge in [0.2, 0.25) is 6.41 Å². The molecule has 2 aromatic rings. The molecule has 2 fully saturated rings. The molecule has 1 atom stereocenters. The van der Waals surface area contributed by atoms with E-state index in [0.29, 0.717) is 55.8 Å². The number of benzene rings is 1. The first kappa shape index (κ1) is 24.0. The van der Waals surface area contributed by atoms with Gasteiger partial charge < -0.3 is 14.9 Å². The number of hydrogen-bond donors (Lipinski definition) is 1. The first-order valence-corrected chi connectivity index (χ1v) is 11.6. The van der Waals surface area contributed by atoms with E-state index in [-0.39, 0.29) is 18.0 Å². The van der Waals surface area contributed by atoms with E-state index in [4.69, 9.17) is 0 Å². The van der Waals surface area contributed by atoms with Crippen molar-refractivity contribution in [1.82, 2.24) is 14.8 Å². The molecule has 2 amide bonds. The number of amides is 2. The lowest BCUT2D eigenvalue weighted by molar-refractivity contribution is -0.107. The first-order valence-electron chi connectivity index (χ1n) is 11.6. The first-order chi connectivity index (χ1) is 16.5. The highest BCUT2D eigenvalue weighted by molar-refractivity contribution is 5.95. The number of aliphatic hydroxyl groups is 1. The molecule has 34 heavy (non-hydrogen) atoms. The van der Waals surface area contributed by atoms with Crippen LogP contribution in [0.15, 0.2) is 36.5 Å². The molecule has 1 unspecified atom stereocenters. The van der Waals surface area contributed by atoms with Crippen LogP contribution >= 0.6 is 0 Å². The molecular formula is C25H29FN4O4. The SMILES string of the molecule is O=Cc1ccccc1N(C=O)Cc1cc(C(=O)N2CCN(C(O)C3CCCC3)CC2)c(F)cn1. The average molecular weight is 469 g/mol. The zero-order chi connectivity index (χ0) is 24.1. The average Bonchev–Trinajstić information content (AvgIpc) is 3.42. The Morgan fingerprint density at radius 3 is 2.56 bits per heavy atom. The lowest BCUT2D eigenvalue weighted by Crippen LogP contribution is -2.53. The standard InChI is InChI=1S/C25H29FN4O4/c26-22-14-27-20(15-30(17-32)23-8-4-3-7-19(23)16-31)13-21(22)25(34)29-11-9-28(10-12-29)24(33)18-5-1-2-6-18/h3-4,7-8,13-14,16-18,24,33H,1-2,5-6,9-12,15H2. The van der Waals surface area contributed by atoms with Crippen molar-refractivity contribution < 1.29 is 23.9 Å². The number of aliphatic hydroxyl groups excluding tert-OH is 1. The van der Waals surface area contributed by atoms with Gasteiger partial charge in [-0.25, -0.2) is 4.39 Å². The number of carbonyl (C=O) groups excluding carboxylic acids is 3. The molecule has 9 heteroatoms. The van der Waals surface area contributed by atoms with Crippen molar-refractivity contribution in [2.24, 2.45) is 5.92 Å². The van der Waals surface area contributed by atoms with Crippen LogP contribution < -0.4 is 4.90 Å². The van der Waals surface area contributed by atoms with E-state index in [9.17, 15) is 23.9 Å². The number of nitrogens with zero attached hydrogens (tertiary/aromatic N) is 4. The number of rotatable bonds is 8. The largest absolute Gasteiger partial charge is 0.378 e. The number of piperazine rings is 1. The number of halogens is 1. The van der Waals surface area contributed by atoms with Crippen LogP contribution in [0.3, 0.4) is 0 Å². The summed E-state index contributed by atoms with van der Waals surface area (Å²) >= 11 is 0. The number of aromatic nitrogens is 1. The molecule has 0 bridgehead atoms. The summed E-state index contributed by atoms with van der Waals surface area (Å²) in [6.07, 6.45) is 6.06. The Labute approximate surface area is 198 Å². The Morgan fingerprint density at radius 2 is 1.88 bits per heavy atom. The second-order valence-corrected chi connectivity index (χ2v) is 8.85. The molecule has 1 aliphatic heterocycles. The molecule has 1 saturated carbocycles. The Hall–Kier alpha value is -3.17. The molecule has 0 spiro atoms. The minimum Gasteiger partial charge on any atom is -0.378 e. The van der Waals surface area contributed by atoms with Crippen molar-refractivity contribution in [2.75, 3.05) is 31.1 Å². The summed E-state index contributed by atoms with van der Waals surface area (Å²) in [5.74, 6) is -0.886. The normalized spacial score (nSPS) is 18.0. The van der Waals surface area contributed by atoms with E-state index in [0.717, 1.165) is 31.9 Å². The third-order valence-electron chi connectivity index (χ3n) is 6.77. The summed E-state index contributed by atoms with van der Waals surface area (Å²) in [6, 6.07) is 7.98. The molecule has 1 N–H and O–H groups in total. The predicted molar refractivity (Wildman–Crippen MR) is 124 cm³/mol. The lowest BCUT2D eigenvalue weighted by atomic mass is 10.0. The van der Waals surface area contributed by atoms with Crippen LogP contribution in [0.2, 0.25) is 0 Å². The van der Waals surface area contributed by atoms with Gasteiger partial charge in [-0.2, -0.15) is 0 Å². The van der Waals surface area contributed by atoms with Gasteiger partial charge in [-0.1, -0.05) is 25.0 Å². The molecule has 1 saturated heterocycles. The maximum atomic E-state index is 14.6. The maximum absolute atomic E-state index is 14.6. The number of hydrogen-bond acceptors (Lipinski definition) is 6. The summed E-state index contributed by atoms with van der Waals surface area (Å²) in [4.78, 5) is 45.0. The minimum absolute atomic E-state index is 0.0176.